The fourth-order valence-corrected chi connectivity index (χ4v) is 1.54. The zero-order valence-electron chi connectivity index (χ0n) is 11.7. The van der Waals surface area contributed by atoms with Gasteiger partial charge in [-0.3, -0.25) is 4.79 Å². The van der Waals surface area contributed by atoms with Crippen LogP contribution in [0.4, 0.5) is 14.6 Å². The van der Waals surface area contributed by atoms with Gasteiger partial charge in [-0.2, -0.15) is 0 Å². The van der Waals surface area contributed by atoms with Gasteiger partial charge in [-0.15, -0.1) is 0 Å². The highest BCUT2D eigenvalue weighted by atomic mass is 19.1. The van der Waals surface area contributed by atoms with Gasteiger partial charge < -0.3 is 11.1 Å². The smallest absolute Gasteiger partial charge is 0.242 e. The van der Waals surface area contributed by atoms with E-state index in [9.17, 15) is 13.6 Å². The Hall–Kier alpha value is -2.78. The molecule has 0 radical (unpaired) electrons. The quantitative estimate of drug-likeness (QED) is 0.834. The minimum absolute atomic E-state index is 0.0632. The third kappa shape index (κ3) is 4.11. The van der Waals surface area contributed by atoms with Crippen LogP contribution in [0.15, 0.2) is 36.4 Å². The summed E-state index contributed by atoms with van der Waals surface area (Å²) in [5.74, 6) is 3.75. The standard InChI is InChI=1S/C16H13F2N3O/c1-10(19)16(22)21-15-4-2-3-13(20-15)8-6-11-5-7-12(17)9-14(11)18/h2-5,7,9-10H,19H2,1H3,(H,20,21,22). The van der Waals surface area contributed by atoms with Gasteiger partial charge >= 0.3 is 0 Å². The van der Waals surface area contributed by atoms with Gasteiger partial charge in [-0.1, -0.05) is 12.0 Å². The summed E-state index contributed by atoms with van der Waals surface area (Å²) in [6.45, 7) is 1.55. The molecule has 112 valence electrons. The number of pyridine rings is 1. The fraction of sp³-hybridized carbons (Fsp3) is 0.125. The van der Waals surface area contributed by atoms with Crippen LogP contribution in [0.25, 0.3) is 0 Å². The number of hydrogen-bond donors (Lipinski definition) is 2. The monoisotopic (exact) mass is 301 g/mol. The van der Waals surface area contributed by atoms with Gasteiger partial charge in [0, 0.05) is 6.07 Å². The Labute approximate surface area is 126 Å². The van der Waals surface area contributed by atoms with E-state index in [0.29, 0.717) is 11.5 Å². The van der Waals surface area contributed by atoms with Crippen molar-refractivity contribution in [1.29, 1.82) is 0 Å². The predicted octanol–water partition coefficient (Wildman–Crippen LogP) is 2.05. The highest BCUT2D eigenvalue weighted by Gasteiger charge is 2.08. The molecular formula is C16H13F2N3O. The second kappa shape index (κ2) is 6.78. The summed E-state index contributed by atoms with van der Waals surface area (Å²) < 4.78 is 26.3. The third-order valence-electron chi connectivity index (χ3n) is 2.67. The van der Waals surface area contributed by atoms with Crippen molar-refractivity contribution in [1.82, 2.24) is 4.98 Å². The molecule has 0 aliphatic rings. The molecule has 0 fully saturated rings. The molecule has 2 rings (SSSR count). The molecular weight excluding hydrogens is 288 g/mol. The molecule has 1 aromatic carbocycles. The van der Waals surface area contributed by atoms with Crippen molar-refractivity contribution in [3.05, 3.63) is 59.3 Å². The lowest BCUT2D eigenvalue weighted by molar-refractivity contribution is -0.117. The van der Waals surface area contributed by atoms with Crippen LogP contribution in [0.1, 0.15) is 18.2 Å². The number of halogens is 2. The number of carbonyl (C=O) groups excluding carboxylic acids is 1. The van der Waals surface area contributed by atoms with E-state index >= 15 is 0 Å². The van der Waals surface area contributed by atoms with Gasteiger partial charge in [0.2, 0.25) is 5.91 Å². The number of nitrogens with one attached hydrogen (secondary N) is 1. The van der Waals surface area contributed by atoms with Crippen LogP contribution in [-0.2, 0) is 4.79 Å². The zero-order valence-corrected chi connectivity index (χ0v) is 11.7. The van der Waals surface area contributed by atoms with E-state index in [1.165, 1.54) is 6.07 Å². The molecule has 0 bridgehead atoms. The first kappa shape index (κ1) is 15.6. The minimum Gasteiger partial charge on any atom is -0.320 e. The van der Waals surface area contributed by atoms with Crippen molar-refractivity contribution in [3.8, 4) is 11.8 Å². The average molecular weight is 301 g/mol. The molecule has 1 heterocycles. The second-order valence-corrected chi connectivity index (χ2v) is 4.56. The van der Waals surface area contributed by atoms with Crippen LogP contribution >= 0.6 is 0 Å². The number of hydrogen-bond acceptors (Lipinski definition) is 3. The molecule has 4 nitrogen and oxygen atoms in total. The first-order valence-corrected chi connectivity index (χ1v) is 6.46. The molecule has 3 N–H and O–H groups in total. The molecule has 0 saturated carbocycles. The van der Waals surface area contributed by atoms with Gasteiger partial charge in [-0.25, -0.2) is 13.8 Å². The van der Waals surface area contributed by atoms with Crippen molar-refractivity contribution in [2.45, 2.75) is 13.0 Å². The van der Waals surface area contributed by atoms with Gasteiger partial charge in [0.25, 0.3) is 0 Å². The summed E-state index contributed by atoms with van der Waals surface area (Å²) in [6.07, 6.45) is 0. The molecule has 1 unspecified atom stereocenters. The van der Waals surface area contributed by atoms with Gasteiger partial charge in [-0.05, 0) is 37.1 Å². The number of benzene rings is 1. The first-order chi connectivity index (χ1) is 10.5. The lowest BCUT2D eigenvalue weighted by Crippen LogP contribution is -2.32. The van der Waals surface area contributed by atoms with Crippen LogP contribution in [0, 0.1) is 23.5 Å². The molecule has 0 saturated heterocycles. The number of nitrogens with zero attached hydrogens (tertiary/aromatic N) is 1. The Morgan fingerprint density at radius 1 is 1.27 bits per heavy atom. The summed E-state index contributed by atoms with van der Waals surface area (Å²) in [5.41, 5.74) is 5.85. The normalized spacial score (nSPS) is 11.3. The maximum absolute atomic E-state index is 13.5. The summed E-state index contributed by atoms with van der Waals surface area (Å²) in [6, 6.07) is 7.31. The van der Waals surface area contributed by atoms with Crippen LogP contribution < -0.4 is 11.1 Å². The number of amides is 1. The van der Waals surface area contributed by atoms with Gasteiger partial charge in [0.05, 0.1) is 11.6 Å². The van der Waals surface area contributed by atoms with Crippen molar-refractivity contribution >= 4 is 11.7 Å². The van der Waals surface area contributed by atoms with Crippen LogP contribution in [0.2, 0.25) is 0 Å². The van der Waals surface area contributed by atoms with E-state index in [1.54, 1.807) is 25.1 Å². The lowest BCUT2D eigenvalue weighted by Gasteiger charge is -2.06. The van der Waals surface area contributed by atoms with Crippen molar-refractivity contribution in [2.75, 3.05) is 5.32 Å². The first-order valence-electron chi connectivity index (χ1n) is 6.46. The molecule has 2 aromatic rings. The maximum Gasteiger partial charge on any atom is 0.242 e. The molecule has 0 aliphatic heterocycles. The maximum atomic E-state index is 13.5. The molecule has 22 heavy (non-hydrogen) atoms. The van der Waals surface area contributed by atoms with E-state index in [2.05, 4.69) is 22.1 Å². The Balaban J connectivity index is 2.21. The Morgan fingerprint density at radius 3 is 2.73 bits per heavy atom. The molecule has 0 spiro atoms. The van der Waals surface area contributed by atoms with Crippen molar-refractivity contribution < 1.29 is 13.6 Å². The fourth-order valence-electron chi connectivity index (χ4n) is 1.54. The Bertz CT molecular complexity index is 763. The minimum atomic E-state index is -0.742. The van der Waals surface area contributed by atoms with Gasteiger partial charge in [0.15, 0.2) is 0 Å². The summed E-state index contributed by atoms with van der Waals surface area (Å²) in [7, 11) is 0. The number of nitrogens with two attached hydrogens (primary N) is 1. The Kier molecular flexibility index (Phi) is 4.81. The van der Waals surface area contributed by atoms with E-state index in [0.717, 1.165) is 12.1 Å². The molecule has 1 atom stereocenters. The van der Waals surface area contributed by atoms with E-state index in [-0.39, 0.29) is 11.5 Å². The summed E-state index contributed by atoms with van der Waals surface area (Å²) >= 11 is 0. The lowest BCUT2D eigenvalue weighted by atomic mass is 10.2. The van der Waals surface area contributed by atoms with Crippen LogP contribution in [0.3, 0.4) is 0 Å². The molecule has 0 aliphatic carbocycles. The predicted molar refractivity (Wildman–Crippen MR) is 78.9 cm³/mol. The van der Waals surface area contributed by atoms with Gasteiger partial charge in [0.1, 0.15) is 23.1 Å². The molecule has 6 heteroatoms. The van der Waals surface area contributed by atoms with Crippen molar-refractivity contribution in [3.63, 3.8) is 0 Å². The Morgan fingerprint density at radius 2 is 2.05 bits per heavy atom. The third-order valence-corrected chi connectivity index (χ3v) is 2.67. The highest BCUT2D eigenvalue weighted by Crippen LogP contribution is 2.09. The van der Waals surface area contributed by atoms with E-state index < -0.39 is 17.7 Å². The van der Waals surface area contributed by atoms with Crippen LogP contribution in [0.5, 0.6) is 0 Å². The largest absolute Gasteiger partial charge is 0.320 e. The topological polar surface area (TPSA) is 68.0 Å². The SMILES string of the molecule is CC(N)C(=O)Nc1cccc(C#Cc2ccc(F)cc2F)n1. The van der Waals surface area contributed by atoms with E-state index in [1.807, 2.05) is 0 Å². The second-order valence-electron chi connectivity index (χ2n) is 4.56. The summed E-state index contributed by atoms with van der Waals surface area (Å²) in [5, 5.41) is 2.53. The molecule has 1 aromatic heterocycles. The number of aromatic nitrogens is 1. The highest BCUT2D eigenvalue weighted by molar-refractivity contribution is 5.93. The molecule has 1 amide bonds. The number of anilines is 1. The zero-order chi connectivity index (χ0) is 16.1. The number of rotatable bonds is 2. The van der Waals surface area contributed by atoms with E-state index in [4.69, 9.17) is 5.73 Å². The van der Waals surface area contributed by atoms with Crippen LogP contribution in [-0.4, -0.2) is 16.9 Å². The number of carbonyl (C=O) groups is 1. The summed E-state index contributed by atoms with van der Waals surface area (Å²) in [4.78, 5) is 15.6. The average Bonchev–Trinajstić information content (AvgIpc) is 2.46. The van der Waals surface area contributed by atoms with Crippen molar-refractivity contribution in [2.24, 2.45) is 5.73 Å².